The van der Waals surface area contributed by atoms with Crippen molar-refractivity contribution in [2.75, 3.05) is 20.2 Å². The number of ether oxygens (including phenoxy) is 1. The average molecular weight is 234 g/mol. The van der Waals surface area contributed by atoms with Crippen LogP contribution < -0.4 is 10.5 Å². The fourth-order valence-electron chi connectivity index (χ4n) is 1.93. The maximum Gasteiger partial charge on any atom is 0.249 e. The van der Waals surface area contributed by atoms with Crippen molar-refractivity contribution >= 4 is 5.91 Å². The summed E-state index contributed by atoms with van der Waals surface area (Å²) in [5, 5.41) is 0. The molecule has 1 saturated heterocycles. The van der Waals surface area contributed by atoms with Crippen molar-refractivity contribution in [1.82, 2.24) is 4.90 Å². The number of likely N-dealkylation sites (N-methyl/N-ethyl adjacent to an activating group) is 1. The molecule has 0 spiro atoms. The number of primary amides is 1. The van der Waals surface area contributed by atoms with Gasteiger partial charge in [-0.25, -0.2) is 0 Å². The van der Waals surface area contributed by atoms with Crippen LogP contribution in [0.4, 0.5) is 0 Å². The normalized spacial score (nSPS) is 19.8. The molecule has 1 atom stereocenters. The van der Waals surface area contributed by atoms with E-state index in [0.29, 0.717) is 24.0 Å². The summed E-state index contributed by atoms with van der Waals surface area (Å²) in [5.41, 5.74) is 6.71. The lowest BCUT2D eigenvalue weighted by atomic mass is 10.1. The summed E-state index contributed by atoms with van der Waals surface area (Å²) in [6.07, 6.45) is 1.17. The first kappa shape index (κ1) is 11.9. The van der Waals surface area contributed by atoms with Gasteiger partial charge >= 0.3 is 0 Å². The molecular formula is C13H18N2O2. The Labute approximate surface area is 101 Å². The number of nitrogens with two attached hydrogens (primary N) is 1. The molecule has 4 heteroatoms. The van der Waals surface area contributed by atoms with Gasteiger partial charge in [0.2, 0.25) is 5.91 Å². The molecule has 1 amide bonds. The molecule has 1 fully saturated rings. The topological polar surface area (TPSA) is 55.6 Å². The van der Waals surface area contributed by atoms with E-state index in [1.54, 1.807) is 6.07 Å². The van der Waals surface area contributed by atoms with Crippen molar-refractivity contribution in [2.24, 2.45) is 5.73 Å². The zero-order valence-electron chi connectivity index (χ0n) is 10.3. The number of benzene rings is 1. The molecule has 92 valence electrons. The van der Waals surface area contributed by atoms with Crippen LogP contribution in [0.1, 0.15) is 22.3 Å². The van der Waals surface area contributed by atoms with Crippen molar-refractivity contribution < 1.29 is 9.53 Å². The third kappa shape index (κ3) is 2.58. The minimum atomic E-state index is -0.409. The van der Waals surface area contributed by atoms with Gasteiger partial charge in [-0.2, -0.15) is 0 Å². The van der Waals surface area contributed by atoms with Crippen molar-refractivity contribution in [3.05, 3.63) is 29.3 Å². The summed E-state index contributed by atoms with van der Waals surface area (Å²) in [7, 11) is 2.08. The molecule has 0 aromatic heterocycles. The van der Waals surface area contributed by atoms with Crippen molar-refractivity contribution in [2.45, 2.75) is 19.4 Å². The molecular weight excluding hydrogens is 216 g/mol. The summed E-state index contributed by atoms with van der Waals surface area (Å²) < 4.78 is 5.68. The van der Waals surface area contributed by atoms with Gasteiger partial charge in [-0.05, 0) is 44.6 Å². The van der Waals surface area contributed by atoms with E-state index in [9.17, 15) is 4.79 Å². The molecule has 1 aliphatic heterocycles. The number of hydrogen-bond donors (Lipinski definition) is 1. The van der Waals surface area contributed by atoms with Crippen LogP contribution in [-0.4, -0.2) is 37.0 Å². The third-order valence-electron chi connectivity index (χ3n) is 3.36. The molecule has 17 heavy (non-hydrogen) atoms. The fraction of sp³-hybridized carbons (Fsp3) is 0.462. The van der Waals surface area contributed by atoms with Gasteiger partial charge in [-0.1, -0.05) is 6.07 Å². The second-order valence-electron chi connectivity index (χ2n) is 4.58. The Balaban J connectivity index is 2.01. The van der Waals surface area contributed by atoms with E-state index in [2.05, 4.69) is 11.9 Å². The summed E-state index contributed by atoms with van der Waals surface area (Å²) >= 11 is 0. The molecule has 1 aliphatic rings. The number of likely N-dealkylation sites (tertiary alicyclic amines) is 1. The SMILES string of the molecule is Cc1ccc(OC[C@@H]2CCN2C)cc1C(N)=O. The Kier molecular flexibility index (Phi) is 3.33. The van der Waals surface area contributed by atoms with Crippen LogP contribution >= 0.6 is 0 Å². The lowest BCUT2D eigenvalue weighted by molar-refractivity contribution is 0.0768. The van der Waals surface area contributed by atoms with Gasteiger partial charge in [0.05, 0.1) is 0 Å². The molecule has 0 aliphatic carbocycles. The van der Waals surface area contributed by atoms with Crippen molar-refractivity contribution in [1.29, 1.82) is 0 Å². The predicted molar refractivity (Wildman–Crippen MR) is 66.2 cm³/mol. The molecule has 1 aromatic carbocycles. The Morgan fingerprint density at radius 1 is 1.59 bits per heavy atom. The highest BCUT2D eigenvalue weighted by atomic mass is 16.5. The van der Waals surface area contributed by atoms with E-state index in [-0.39, 0.29) is 0 Å². The van der Waals surface area contributed by atoms with Gasteiger partial charge in [0.1, 0.15) is 12.4 Å². The molecule has 1 aromatic rings. The summed E-state index contributed by atoms with van der Waals surface area (Å²) in [5.74, 6) is 0.304. The molecule has 0 unspecified atom stereocenters. The number of rotatable bonds is 4. The van der Waals surface area contributed by atoms with Crippen LogP contribution in [0.5, 0.6) is 5.75 Å². The molecule has 0 radical (unpaired) electrons. The quantitative estimate of drug-likeness (QED) is 0.851. The van der Waals surface area contributed by atoms with Gasteiger partial charge in [0.25, 0.3) is 0 Å². The molecule has 0 saturated carbocycles. The van der Waals surface area contributed by atoms with Crippen LogP contribution in [0.15, 0.2) is 18.2 Å². The number of aryl methyl sites for hydroxylation is 1. The minimum absolute atomic E-state index is 0.409. The second kappa shape index (κ2) is 4.75. The minimum Gasteiger partial charge on any atom is -0.492 e. The van der Waals surface area contributed by atoms with E-state index in [0.717, 1.165) is 12.1 Å². The van der Waals surface area contributed by atoms with Gasteiger partial charge < -0.3 is 10.5 Å². The van der Waals surface area contributed by atoms with Crippen LogP contribution in [0.3, 0.4) is 0 Å². The summed E-state index contributed by atoms with van der Waals surface area (Å²) in [4.78, 5) is 13.4. The van der Waals surface area contributed by atoms with Crippen LogP contribution in [0.2, 0.25) is 0 Å². The van der Waals surface area contributed by atoms with Crippen LogP contribution in [-0.2, 0) is 0 Å². The Morgan fingerprint density at radius 3 is 2.88 bits per heavy atom. The van der Waals surface area contributed by atoms with Crippen LogP contribution in [0, 0.1) is 6.92 Å². The van der Waals surface area contributed by atoms with E-state index in [1.807, 2.05) is 19.1 Å². The van der Waals surface area contributed by atoms with E-state index >= 15 is 0 Å². The first-order valence-electron chi connectivity index (χ1n) is 5.81. The lowest BCUT2D eigenvalue weighted by Gasteiger charge is -2.37. The largest absolute Gasteiger partial charge is 0.492 e. The van der Waals surface area contributed by atoms with Crippen molar-refractivity contribution in [3.63, 3.8) is 0 Å². The first-order chi connectivity index (χ1) is 8.08. The monoisotopic (exact) mass is 234 g/mol. The average Bonchev–Trinajstić information content (AvgIpc) is 2.29. The van der Waals surface area contributed by atoms with E-state index in [4.69, 9.17) is 10.5 Å². The van der Waals surface area contributed by atoms with Gasteiger partial charge in [0, 0.05) is 11.6 Å². The molecule has 4 nitrogen and oxygen atoms in total. The fourth-order valence-corrected chi connectivity index (χ4v) is 1.93. The molecule has 2 N–H and O–H groups in total. The lowest BCUT2D eigenvalue weighted by Crippen LogP contribution is -2.48. The number of amides is 1. The number of carbonyl (C=O) groups is 1. The van der Waals surface area contributed by atoms with Gasteiger partial charge in [-0.3, -0.25) is 9.69 Å². The van der Waals surface area contributed by atoms with Gasteiger partial charge in [-0.15, -0.1) is 0 Å². The number of carbonyl (C=O) groups excluding carboxylic acids is 1. The molecule has 0 bridgehead atoms. The van der Waals surface area contributed by atoms with E-state index < -0.39 is 5.91 Å². The molecule has 1 heterocycles. The predicted octanol–water partition coefficient (Wildman–Crippen LogP) is 1.18. The zero-order chi connectivity index (χ0) is 12.4. The highest BCUT2D eigenvalue weighted by molar-refractivity contribution is 5.94. The Hall–Kier alpha value is -1.55. The second-order valence-corrected chi connectivity index (χ2v) is 4.58. The van der Waals surface area contributed by atoms with E-state index in [1.165, 1.54) is 6.42 Å². The summed E-state index contributed by atoms with van der Waals surface area (Å²) in [6, 6.07) is 5.95. The standard InChI is InChI=1S/C13H18N2O2/c1-9-3-4-11(7-12(9)13(14)16)17-8-10-5-6-15(10)2/h3-4,7,10H,5-6,8H2,1-2H3,(H2,14,16)/t10-/m0/s1. The van der Waals surface area contributed by atoms with Gasteiger partial charge in [0.15, 0.2) is 0 Å². The van der Waals surface area contributed by atoms with Crippen molar-refractivity contribution in [3.8, 4) is 5.75 Å². The highest BCUT2D eigenvalue weighted by Crippen LogP contribution is 2.20. The number of nitrogens with zero attached hydrogens (tertiary/aromatic N) is 1. The first-order valence-corrected chi connectivity index (χ1v) is 5.81. The Bertz CT molecular complexity index is 431. The van der Waals surface area contributed by atoms with Crippen LogP contribution in [0.25, 0.3) is 0 Å². The third-order valence-corrected chi connectivity index (χ3v) is 3.36. The summed E-state index contributed by atoms with van der Waals surface area (Å²) in [6.45, 7) is 3.66. The maximum atomic E-state index is 11.2. The maximum absolute atomic E-state index is 11.2. The molecule has 2 rings (SSSR count). The number of hydrogen-bond acceptors (Lipinski definition) is 3. The highest BCUT2D eigenvalue weighted by Gasteiger charge is 2.24. The smallest absolute Gasteiger partial charge is 0.249 e. The zero-order valence-corrected chi connectivity index (χ0v) is 10.3. The Morgan fingerprint density at radius 2 is 2.35 bits per heavy atom.